The summed E-state index contributed by atoms with van der Waals surface area (Å²) in [5.41, 5.74) is 4.71. The molecule has 31 heavy (non-hydrogen) atoms. The summed E-state index contributed by atoms with van der Waals surface area (Å²) >= 11 is 0. The highest BCUT2D eigenvalue weighted by atomic mass is 19.4. The molecule has 0 unspecified atom stereocenters. The average molecular weight is 439 g/mol. The van der Waals surface area contributed by atoms with Crippen LogP contribution in [0.1, 0.15) is 32.8 Å². The van der Waals surface area contributed by atoms with E-state index in [4.69, 9.17) is 10.5 Å². The molecule has 0 aliphatic heterocycles. The topological polar surface area (TPSA) is 61.0 Å². The lowest BCUT2D eigenvalue weighted by Crippen LogP contribution is -2.35. The van der Waals surface area contributed by atoms with Gasteiger partial charge in [-0.15, -0.1) is 0 Å². The van der Waals surface area contributed by atoms with E-state index in [9.17, 15) is 22.0 Å². The molecule has 3 rings (SSSR count). The lowest BCUT2D eigenvalue weighted by molar-refractivity contribution is -0.139. The zero-order valence-electron chi connectivity index (χ0n) is 17.2. The molecule has 2 aromatic carbocycles. The molecule has 0 bridgehead atoms. The molecule has 1 atom stereocenters. The van der Waals surface area contributed by atoms with Crippen LogP contribution >= 0.6 is 0 Å². The van der Waals surface area contributed by atoms with Crippen LogP contribution in [-0.2, 0) is 6.18 Å². The molecule has 0 fully saturated rings. The van der Waals surface area contributed by atoms with Gasteiger partial charge in [0.25, 0.3) is 0 Å². The third-order valence-corrected chi connectivity index (χ3v) is 4.63. The lowest BCUT2D eigenvalue weighted by Gasteiger charge is -2.24. The van der Waals surface area contributed by atoms with Gasteiger partial charge in [0.05, 0.1) is 23.4 Å². The Kier molecular flexibility index (Phi) is 6.18. The second-order valence-corrected chi connectivity index (χ2v) is 8.32. The van der Waals surface area contributed by atoms with Gasteiger partial charge in [0.2, 0.25) is 0 Å². The molecular formula is C22H22F5N3O. The van der Waals surface area contributed by atoms with Gasteiger partial charge in [0.15, 0.2) is 11.6 Å². The van der Waals surface area contributed by atoms with Gasteiger partial charge in [-0.2, -0.15) is 13.2 Å². The molecule has 2 N–H and O–H groups in total. The first kappa shape index (κ1) is 22.9. The number of alkyl halides is 3. The summed E-state index contributed by atoms with van der Waals surface area (Å²) in [6.45, 7) is 5.57. The van der Waals surface area contributed by atoms with Crippen molar-refractivity contribution in [2.45, 2.75) is 38.9 Å². The summed E-state index contributed by atoms with van der Waals surface area (Å²) in [4.78, 5) is 7.85. The number of nitrogens with zero attached hydrogens (tertiary/aromatic N) is 2. The number of rotatable bonds is 6. The first-order chi connectivity index (χ1) is 14.3. The van der Waals surface area contributed by atoms with Gasteiger partial charge in [-0.3, -0.25) is 0 Å². The molecule has 0 aliphatic rings. The van der Waals surface area contributed by atoms with E-state index in [1.54, 1.807) is 0 Å². The highest BCUT2D eigenvalue weighted by molar-refractivity contribution is 5.92. The van der Waals surface area contributed by atoms with Crippen LogP contribution in [0.4, 0.5) is 22.0 Å². The predicted molar refractivity (Wildman–Crippen MR) is 107 cm³/mol. The summed E-state index contributed by atoms with van der Waals surface area (Å²) in [6.07, 6.45) is -3.04. The van der Waals surface area contributed by atoms with Gasteiger partial charge in [-0.1, -0.05) is 6.92 Å². The maximum atomic E-state index is 13.7. The van der Waals surface area contributed by atoms with E-state index in [2.05, 4.69) is 9.97 Å². The Morgan fingerprint density at radius 3 is 2.35 bits per heavy atom. The minimum Gasteiger partial charge on any atom is -0.493 e. The van der Waals surface area contributed by atoms with E-state index in [-0.39, 0.29) is 40.4 Å². The van der Waals surface area contributed by atoms with Crippen LogP contribution in [-0.4, -0.2) is 22.1 Å². The van der Waals surface area contributed by atoms with Crippen LogP contribution in [0.3, 0.4) is 0 Å². The molecule has 0 saturated carbocycles. The number of fused-ring (bicyclic) bond motifs is 1. The molecule has 166 valence electrons. The van der Waals surface area contributed by atoms with E-state index in [1.165, 1.54) is 12.1 Å². The van der Waals surface area contributed by atoms with Crippen molar-refractivity contribution in [3.05, 3.63) is 53.9 Å². The molecular weight excluding hydrogens is 417 g/mol. The van der Waals surface area contributed by atoms with E-state index in [1.807, 2.05) is 20.8 Å². The Morgan fingerprint density at radius 2 is 1.71 bits per heavy atom. The number of aromatic nitrogens is 2. The number of halogens is 5. The Bertz CT molecular complexity index is 1090. The van der Waals surface area contributed by atoms with Crippen molar-refractivity contribution in [3.8, 4) is 17.0 Å². The third kappa shape index (κ3) is 5.46. The summed E-state index contributed by atoms with van der Waals surface area (Å²) in [5.74, 6) is -2.64. The van der Waals surface area contributed by atoms with E-state index >= 15 is 0 Å². The standard InChI is InChI=1S/C22H22F5N3O/c1-12(9-21(2,3)28)10-31-19-5-4-13(6-15(19)22(25,26)27)20-14-7-16(23)17(24)8-18(14)29-11-30-20/h4-8,11-12H,9-10,28H2,1-3H3/t12-/m0/s1. The van der Waals surface area contributed by atoms with E-state index in [0.717, 1.165) is 24.5 Å². The number of ether oxygens (including phenoxy) is 1. The van der Waals surface area contributed by atoms with Crippen LogP contribution in [0.2, 0.25) is 0 Å². The largest absolute Gasteiger partial charge is 0.493 e. The van der Waals surface area contributed by atoms with Gasteiger partial charge >= 0.3 is 6.18 Å². The van der Waals surface area contributed by atoms with E-state index in [0.29, 0.717) is 6.42 Å². The van der Waals surface area contributed by atoms with Crippen molar-refractivity contribution in [1.29, 1.82) is 0 Å². The lowest BCUT2D eigenvalue weighted by atomic mass is 9.93. The van der Waals surface area contributed by atoms with Crippen molar-refractivity contribution in [1.82, 2.24) is 9.97 Å². The quantitative estimate of drug-likeness (QED) is 0.498. The van der Waals surface area contributed by atoms with Crippen LogP contribution in [0.25, 0.3) is 22.2 Å². The number of hydrogen-bond donors (Lipinski definition) is 1. The van der Waals surface area contributed by atoms with Crippen molar-refractivity contribution in [3.63, 3.8) is 0 Å². The zero-order chi connectivity index (χ0) is 23.0. The van der Waals surface area contributed by atoms with Crippen molar-refractivity contribution < 1.29 is 26.7 Å². The Hall–Kier alpha value is -2.81. The molecule has 0 amide bonds. The molecule has 0 saturated heterocycles. The van der Waals surface area contributed by atoms with Crippen LogP contribution in [0.5, 0.6) is 5.75 Å². The molecule has 1 heterocycles. The smallest absolute Gasteiger partial charge is 0.419 e. The fraction of sp³-hybridized carbons (Fsp3) is 0.364. The van der Waals surface area contributed by atoms with Crippen LogP contribution in [0, 0.1) is 17.6 Å². The average Bonchev–Trinajstić information content (AvgIpc) is 2.65. The maximum Gasteiger partial charge on any atom is 0.419 e. The van der Waals surface area contributed by atoms with Gasteiger partial charge in [-0.05, 0) is 50.5 Å². The molecule has 0 spiro atoms. The predicted octanol–water partition coefficient (Wildman–Crippen LogP) is 5.74. The monoisotopic (exact) mass is 439 g/mol. The van der Waals surface area contributed by atoms with E-state index < -0.39 is 28.9 Å². The second kappa shape index (κ2) is 8.37. The van der Waals surface area contributed by atoms with Crippen LogP contribution < -0.4 is 10.5 Å². The summed E-state index contributed by atoms with van der Waals surface area (Å²) in [6, 6.07) is 5.22. The minimum atomic E-state index is -4.69. The Labute approximate surface area is 176 Å². The Morgan fingerprint density at radius 1 is 1.03 bits per heavy atom. The molecule has 9 heteroatoms. The summed E-state index contributed by atoms with van der Waals surface area (Å²) < 4.78 is 73.9. The molecule has 0 aliphatic carbocycles. The van der Waals surface area contributed by atoms with Crippen molar-refractivity contribution >= 4 is 10.9 Å². The first-order valence-electron chi connectivity index (χ1n) is 9.58. The molecule has 4 nitrogen and oxygen atoms in total. The summed E-state index contributed by atoms with van der Waals surface area (Å²) in [7, 11) is 0. The molecule has 3 aromatic rings. The number of benzene rings is 2. The number of nitrogens with two attached hydrogens (primary N) is 1. The van der Waals surface area contributed by atoms with Gasteiger partial charge in [0, 0.05) is 22.6 Å². The third-order valence-electron chi connectivity index (χ3n) is 4.63. The van der Waals surface area contributed by atoms with Crippen LogP contribution in [0.15, 0.2) is 36.7 Å². The highest BCUT2D eigenvalue weighted by Crippen LogP contribution is 2.39. The Balaban J connectivity index is 2.00. The minimum absolute atomic E-state index is 0.0548. The zero-order valence-corrected chi connectivity index (χ0v) is 17.2. The molecule has 0 radical (unpaired) electrons. The normalized spacial score (nSPS) is 13.5. The second-order valence-electron chi connectivity index (χ2n) is 8.32. The maximum absolute atomic E-state index is 13.7. The van der Waals surface area contributed by atoms with Gasteiger partial charge < -0.3 is 10.5 Å². The SMILES string of the molecule is C[C@H](COc1ccc(-c2ncnc3cc(F)c(F)cc23)cc1C(F)(F)F)CC(C)(C)N. The van der Waals surface area contributed by atoms with Gasteiger partial charge in [0.1, 0.15) is 12.1 Å². The highest BCUT2D eigenvalue weighted by Gasteiger charge is 2.35. The molecule has 1 aromatic heterocycles. The first-order valence-corrected chi connectivity index (χ1v) is 9.58. The fourth-order valence-electron chi connectivity index (χ4n) is 3.49. The van der Waals surface area contributed by atoms with Crippen molar-refractivity contribution in [2.24, 2.45) is 11.7 Å². The number of hydrogen-bond acceptors (Lipinski definition) is 4. The van der Waals surface area contributed by atoms with Gasteiger partial charge in [-0.25, -0.2) is 18.7 Å². The van der Waals surface area contributed by atoms with Crippen molar-refractivity contribution in [2.75, 3.05) is 6.61 Å². The fourth-order valence-corrected chi connectivity index (χ4v) is 3.49. The summed E-state index contributed by atoms with van der Waals surface area (Å²) in [5, 5.41) is 0.0991.